The third-order valence-electron chi connectivity index (χ3n) is 5.48. The fourth-order valence-corrected chi connectivity index (χ4v) is 3.76. The Balaban J connectivity index is 1.87. The average molecular weight is 339 g/mol. The van der Waals surface area contributed by atoms with E-state index in [0.29, 0.717) is 0 Å². The van der Waals surface area contributed by atoms with Gasteiger partial charge in [-0.15, -0.1) is 0 Å². The molecule has 2 atom stereocenters. The van der Waals surface area contributed by atoms with Gasteiger partial charge in [0, 0.05) is 0 Å². The molecule has 0 aromatic heterocycles. The molecule has 1 heterocycles. The van der Waals surface area contributed by atoms with E-state index in [2.05, 4.69) is 13.8 Å². The minimum atomic E-state index is 0.0690. The molecule has 0 bridgehead atoms. The van der Waals surface area contributed by atoms with Crippen LogP contribution in [-0.4, -0.2) is 12.1 Å². The second kappa shape index (κ2) is 14.8. The highest BCUT2D eigenvalue weighted by molar-refractivity contribution is 5.78. The van der Waals surface area contributed by atoms with E-state index in [1.54, 1.807) is 0 Å². The Morgan fingerprint density at radius 3 is 1.54 bits per heavy atom. The molecule has 1 rings (SSSR count). The molecule has 2 heteroatoms. The minimum absolute atomic E-state index is 0.0690. The fourth-order valence-electron chi connectivity index (χ4n) is 3.76. The largest absolute Gasteiger partial charge is 0.461 e. The molecule has 142 valence electrons. The summed E-state index contributed by atoms with van der Waals surface area (Å²) in [5.74, 6) is 0.296. The zero-order valence-electron chi connectivity index (χ0n) is 16.5. The zero-order chi connectivity index (χ0) is 17.5. The molecule has 0 spiro atoms. The van der Waals surface area contributed by atoms with Crippen LogP contribution < -0.4 is 0 Å². The Kier molecular flexibility index (Phi) is 13.3. The van der Waals surface area contributed by atoms with Crippen LogP contribution in [0.3, 0.4) is 0 Å². The van der Waals surface area contributed by atoms with Crippen LogP contribution in [0, 0.1) is 5.92 Å². The highest BCUT2D eigenvalue weighted by Gasteiger charge is 2.40. The summed E-state index contributed by atoms with van der Waals surface area (Å²) in [6.45, 7) is 4.51. The Bertz CT molecular complexity index is 300. The van der Waals surface area contributed by atoms with Crippen LogP contribution in [-0.2, 0) is 9.53 Å². The Morgan fingerprint density at radius 1 is 0.625 bits per heavy atom. The third kappa shape index (κ3) is 9.69. The molecule has 24 heavy (non-hydrogen) atoms. The molecular weight excluding hydrogens is 296 g/mol. The molecule has 0 radical (unpaired) electrons. The van der Waals surface area contributed by atoms with Gasteiger partial charge in [0.1, 0.15) is 6.10 Å². The predicted octanol–water partition coefficient (Wildman–Crippen LogP) is 7.20. The summed E-state index contributed by atoms with van der Waals surface area (Å²) in [7, 11) is 0. The molecule has 1 fully saturated rings. The first-order valence-corrected chi connectivity index (χ1v) is 11.0. The Hall–Kier alpha value is -0.530. The smallest absolute Gasteiger partial charge is 0.313 e. The van der Waals surface area contributed by atoms with E-state index >= 15 is 0 Å². The topological polar surface area (TPSA) is 26.3 Å². The Labute approximate surface area is 151 Å². The normalized spacial score (nSPS) is 20.0. The van der Waals surface area contributed by atoms with Gasteiger partial charge in [0.25, 0.3) is 0 Å². The van der Waals surface area contributed by atoms with Crippen molar-refractivity contribution >= 4 is 5.97 Å². The molecule has 2 nitrogen and oxygen atoms in total. The van der Waals surface area contributed by atoms with Crippen LogP contribution in [0.5, 0.6) is 0 Å². The van der Waals surface area contributed by atoms with Crippen molar-refractivity contribution in [3.05, 3.63) is 0 Å². The first-order chi connectivity index (χ1) is 11.8. The number of hydrogen-bond acceptors (Lipinski definition) is 2. The standard InChI is InChI=1S/C22H42O2/c1-3-5-7-9-10-11-12-13-14-15-17-19-21-20(22(23)24-21)18-16-8-6-4-2/h20-21H,3-19H2,1-2H3/t20-,21-/m0/s1. The fraction of sp³-hybridized carbons (Fsp3) is 0.955. The van der Waals surface area contributed by atoms with Gasteiger partial charge < -0.3 is 4.74 Å². The first kappa shape index (κ1) is 21.5. The first-order valence-electron chi connectivity index (χ1n) is 11.0. The van der Waals surface area contributed by atoms with Crippen LogP contribution in [0.25, 0.3) is 0 Å². The van der Waals surface area contributed by atoms with E-state index < -0.39 is 0 Å². The number of ether oxygens (including phenoxy) is 1. The summed E-state index contributed by atoms with van der Waals surface area (Å²) >= 11 is 0. The van der Waals surface area contributed by atoms with Gasteiger partial charge in [0.2, 0.25) is 0 Å². The monoisotopic (exact) mass is 338 g/mol. The van der Waals surface area contributed by atoms with Gasteiger partial charge in [0.15, 0.2) is 0 Å². The van der Waals surface area contributed by atoms with Gasteiger partial charge in [-0.2, -0.15) is 0 Å². The van der Waals surface area contributed by atoms with Crippen molar-refractivity contribution in [3.8, 4) is 0 Å². The number of carbonyl (C=O) groups is 1. The van der Waals surface area contributed by atoms with Crippen molar-refractivity contribution in [2.24, 2.45) is 5.92 Å². The molecule has 0 aromatic rings. The van der Waals surface area contributed by atoms with Crippen molar-refractivity contribution < 1.29 is 9.53 Å². The number of rotatable bonds is 17. The summed E-state index contributed by atoms with van der Waals surface area (Å²) in [5, 5.41) is 0. The van der Waals surface area contributed by atoms with Gasteiger partial charge in [0.05, 0.1) is 5.92 Å². The van der Waals surface area contributed by atoms with Crippen LogP contribution in [0.4, 0.5) is 0 Å². The van der Waals surface area contributed by atoms with Crippen molar-refractivity contribution in [1.29, 1.82) is 0 Å². The van der Waals surface area contributed by atoms with Crippen LogP contribution in [0.15, 0.2) is 0 Å². The molecule has 0 aliphatic carbocycles. The van der Waals surface area contributed by atoms with Crippen molar-refractivity contribution in [3.63, 3.8) is 0 Å². The zero-order valence-corrected chi connectivity index (χ0v) is 16.5. The lowest BCUT2D eigenvalue weighted by molar-refractivity contribution is -0.186. The number of esters is 1. The summed E-state index contributed by atoms with van der Waals surface area (Å²) < 4.78 is 5.36. The maximum Gasteiger partial charge on any atom is 0.313 e. The lowest BCUT2D eigenvalue weighted by atomic mass is 9.87. The lowest BCUT2D eigenvalue weighted by Gasteiger charge is -2.35. The number of cyclic esters (lactones) is 1. The molecule has 1 saturated heterocycles. The summed E-state index contributed by atoms with van der Waals surface area (Å²) in [6.07, 6.45) is 22.6. The average Bonchev–Trinajstić information content (AvgIpc) is 2.58. The van der Waals surface area contributed by atoms with E-state index in [1.165, 1.54) is 96.3 Å². The van der Waals surface area contributed by atoms with E-state index in [-0.39, 0.29) is 18.0 Å². The van der Waals surface area contributed by atoms with E-state index in [4.69, 9.17) is 4.74 Å². The van der Waals surface area contributed by atoms with Gasteiger partial charge in [-0.3, -0.25) is 4.79 Å². The van der Waals surface area contributed by atoms with E-state index in [0.717, 1.165) is 12.8 Å². The van der Waals surface area contributed by atoms with Crippen LogP contribution in [0.2, 0.25) is 0 Å². The van der Waals surface area contributed by atoms with E-state index in [9.17, 15) is 4.79 Å². The quantitative estimate of drug-likeness (QED) is 0.207. The van der Waals surface area contributed by atoms with Gasteiger partial charge in [-0.05, 0) is 19.3 Å². The van der Waals surface area contributed by atoms with Crippen LogP contribution >= 0.6 is 0 Å². The molecular formula is C22H42O2. The van der Waals surface area contributed by atoms with Crippen molar-refractivity contribution in [2.75, 3.05) is 0 Å². The van der Waals surface area contributed by atoms with Gasteiger partial charge in [-0.1, -0.05) is 104 Å². The molecule has 0 aromatic carbocycles. The second-order valence-corrected chi connectivity index (χ2v) is 7.76. The highest BCUT2D eigenvalue weighted by Crippen LogP contribution is 2.31. The molecule has 0 amide bonds. The van der Waals surface area contributed by atoms with Crippen molar-refractivity contribution in [2.45, 2.75) is 129 Å². The Morgan fingerprint density at radius 2 is 1.04 bits per heavy atom. The number of unbranched alkanes of at least 4 members (excludes halogenated alkanes) is 13. The van der Waals surface area contributed by atoms with Gasteiger partial charge >= 0.3 is 5.97 Å². The number of hydrogen-bond donors (Lipinski definition) is 0. The highest BCUT2D eigenvalue weighted by atomic mass is 16.6. The molecule has 0 N–H and O–H groups in total. The molecule has 0 saturated carbocycles. The molecule has 1 aliphatic rings. The second-order valence-electron chi connectivity index (χ2n) is 7.76. The third-order valence-corrected chi connectivity index (χ3v) is 5.48. The van der Waals surface area contributed by atoms with Crippen molar-refractivity contribution in [1.82, 2.24) is 0 Å². The molecule has 1 aliphatic heterocycles. The van der Waals surface area contributed by atoms with Crippen LogP contribution in [0.1, 0.15) is 123 Å². The summed E-state index contributed by atoms with van der Waals surface area (Å²) in [5.41, 5.74) is 0. The van der Waals surface area contributed by atoms with Gasteiger partial charge in [-0.25, -0.2) is 0 Å². The summed E-state index contributed by atoms with van der Waals surface area (Å²) in [4.78, 5) is 11.6. The minimum Gasteiger partial charge on any atom is -0.461 e. The SMILES string of the molecule is CCCCCCCCCCCCC[C@@H]1OC(=O)[C@H]1CCCCCC. The predicted molar refractivity (Wildman–Crippen MR) is 103 cm³/mol. The summed E-state index contributed by atoms with van der Waals surface area (Å²) in [6, 6.07) is 0. The van der Waals surface area contributed by atoms with E-state index in [1.807, 2.05) is 0 Å². The maximum atomic E-state index is 11.6. The number of carbonyl (C=O) groups excluding carboxylic acids is 1. The lowest BCUT2D eigenvalue weighted by Crippen LogP contribution is -2.44. The maximum absolute atomic E-state index is 11.6. The molecule has 0 unspecified atom stereocenters.